The van der Waals surface area contributed by atoms with Gasteiger partial charge in [0.2, 0.25) is 0 Å². The molecule has 1 heterocycles. The smallest absolute Gasteiger partial charge is 0.0348 e. The summed E-state index contributed by atoms with van der Waals surface area (Å²) in [6.45, 7) is 0. The van der Waals surface area contributed by atoms with Crippen LogP contribution >= 0.6 is 11.8 Å². The molecule has 0 aromatic heterocycles. The molecule has 2 heteroatoms. The molecule has 0 saturated heterocycles. The maximum atomic E-state index is 6.12. The summed E-state index contributed by atoms with van der Waals surface area (Å²) in [6, 6.07) is 0.178. The van der Waals surface area contributed by atoms with E-state index in [4.69, 9.17) is 5.73 Å². The normalized spacial score (nSPS) is 34.2. The molecule has 0 amide bonds. The molecule has 1 aliphatic heterocycles. The molecule has 0 aromatic rings. The van der Waals surface area contributed by atoms with E-state index in [1.807, 2.05) is 11.8 Å². The predicted octanol–water partition coefficient (Wildman–Crippen LogP) is 2.73. The first-order valence-electron chi connectivity index (χ1n) is 5.07. The second-order valence-electron chi connectivity index (χ2n) is 3.93. The van der Waals surface area contributed by atoms with E-state index in [1.165, 1.54) is 23.3 Å². The van der Waals surface area contributed by atoms with Gasteiger partial charge in [-0.2, -0.15) is 0 Å². The van der Waals surface area contributed by atoms with Crippen molar-refractivity contribution >= 4 is 11.8 Å². The fourth-order valence-electron chi connectivity index (χ4n) is 2.33. The second kappa shape index (κ2) is 3.14. The fourth-order valence-corrected chi connectivity index (χ4v) is 3.71. The maximum absolute atomic E-state index is 6.12. The number of rotatable bonds is 0. The second-order valence-corrected chi connectivity index (χ2v) is 5.10. The first-order valence-corrected chi connectivity index (χ1v) is 5.89. The van der Waals surface area contributed by atoms with Crippen LogP contribution in [0.1, 0.15) is 12.8 Å². The Kier molecular flexibility index (Phi) is 1.92. The van der Waals surface area contributed by atoms with Gasteiger partial charge in [0.25, 0.3) is 0 Å². The van der Waals surface area contributed by atoms with Crippen molar-refractivity contribution in [2.24, 2.45) is 11.7 Å². The third-order valence-corrected chi connectivity index (χ3v) is 4.33. The monoisotopic (exact) mass is 203 g/mol. The Bertz CT molecular complexity index is 387. The van der Waals surface area contributed by atoms with Gasteiger partial charge in [-0.1, -0.05) is 42.1 Å². The van der Waals surface area contributed by atoms with E-state index in [9.17, 15) is 0 Å². The number of fused-ring (bicyclic) bond motifs is 2. The highest BCUT2D eigenvalue weighted by Gasteiger charge is 2.34. The van der Waals surface area contributed by atoms with E-state index in [2.05, 4.69) is 30.4 Å². The lowest BCUT2D eigenvalue weighted by molar-refractivity contribution is 0.653. The lowest BCUT2D eigenvalue weighted by atomic mass is 9.86. The highest BCUT2D eigenvalue weighted by Crippen LogP contribution is 2.51. The number of thioether (sulfide) groups is 1. The Morgan fingerprint density at radius 2 is 2.36 bits per heavy atom. The van der Waals surface area contributed by atoms with Gasteiger partial charge in [0.1, 0.15) is 0 Å². The number of allylic oxidation sites excluding steroid dienone is 5. The molecule has 3 aliphatic rings. The highest BCUT2D eigenvalue weighted by atomic mass is 32.2. The maximum Gasteiger partial charge on any atom is 0.0348 e. The van der Waals surface area contributed by atoms with Crippen molar-refractivity contribution in [1.29, 1.82) is 0 Å². The minimum Gasteiger partial charge on any atom is -0.324 e. The first kappa shape index (κ1) is 8.57. The minimum absolute atomic E-state index is 0.178. The Morgan fingerprint density at radius 3 is 3.29 bits per heavy atom. The van der Waals surface area contributed by atoms with E-state index in [0.29, 0.717) is 5.92 Å². The van der Waals surface area contributed by atoms with Crippen LogP contribution in [0.15, 0.2) is 45.8 Å². The molecule has 1 nitrogen and oxygen atoms in total. The predicted molar refractivity (Wildman–Crippen MR) is 61.7 cm³/mol. The summed E-state index contributed by atoms with van der Waals surface area (Å²) in [5, 5.41) is 0. The summed E-state index contributed by atoms with van der Waals surface area (Å²) in [4.78, 5) is 2.99. The van der Waals surface area contributed by atoms with E-state index in [0.717, 1.165) is 0 Å². The molecule has 0 fully saturated rings. The summed E-state index contributed by atoms with van der Waals surface area (Å²) in [5.74, 6) is 0.455. The average molecular weight is 203 g/mol. The quantitative estimate of drug-likeness (QED) is 0.655. The van der Waals surface area contributed by atoms with Crippen LogP contribution in [0.4, 0.5) is 0 Å². The van der Waals surface area contributed by atoms with Crippen molar-refractivity contribution in [2.75, 3.05) is 0 Å². The lowest BCUT2D eigenvalue weighted by Crippen LogP contribution is -2.29. The number of nitrogens with two attached hydrogens (primary N) is 1. The molecule has 3 rings (SSSR count). The SMILES string of the molecule is NC1C=CC=C2SC3=C(C=CCC3)C21. The van der Waals surface area contributed by atoms with Gasteiger partial charge in [-0.15, -0.1) is 0 Å². The van der Waals surface area contributed by atoms with E-state index >= 15 is 0 Å². The molecular weight excluding hydrogens is 190 g/mol. The van der Waals surface area contributed by atoms with Crippen molar-refractivity contribution in [1.82, 2.24) is 0 Å². The Balaban J connectivity index is 2.04. The molecular formula is C12H13NS. The summed E-state index contributed by atoms with van der Waals surface area (Å²) in [7, 11) is 0. The highest BCUT2D eigenvalue weighted by molar-refractivity contribution is 8.07. The largest absolute Gasteiger partial charge is 0.324 e. The first-order chi connectivity index (χ1) is 6.86. The van der Waals surface area contributed by atoms with Crippen molar-refractivity contribution in [3.63, 3.8) is 0 Å². The molecule has 0 radical (unpaired) electrons. The number of hydrogen-bond acceptors (Lipinski definition) is 2. The van der Waals surface area contributed by atoms with E-state index < -0.39 is 0 Å². The van der Waals surface area contributed by atoms with Gasteiger partial charge in [0.05, 0.1) is 0 Å². The van der Waals surface area contributed by atoms with E-state index in [1.54, 1.807) is 4.91 Å². The molecule has 0 bridgehead atoms. The summed E-state index contributed by atoms with van der Waals surface area (Å²) < 4.78 is 0. The lowest BCUT2D eigenvalue weighted by Gasteiger charge is -2.22. The van der Waals surface area contributed by atoms with Gasteiger partial charge < -0.3 is 5.73 Å². The summed E-state index contributed by atoms with van der Waals surface area (Å²) in [6.07, 6.45) is 13.3. The molecule has 2 atom stereocenters. The molecule has 0 saturated carbocycles. The Morgan fingerprint density at radius 1 is 1.43 bits per heavy atom. The molecule has 2 N–H and O–H groups in total. The van der Waals surface area contributed by atoms with Crippen LogP contribution in [0.2, 0.25) is 0 Å². The third-order valence-electron chi connectivity index (χ3n) is 3.02. The third kappa shape index (κ3) is 1.14. The zero-order valence-electron chi connectivity index (χ0n) is 7.94. The van der Waals surface area contributed by atoms with Crippen molar-refractivity contribution < 1.29 is 0 Å². The molecule has 0 spiro atoms. The van der Waals surface area contributed by atoms with Gasteiger partial charge in [-0.3, -0.25) is 0 Å². The van der Waals surface area contributed by atoms with Crippen LogP contribution in [0.5, 0.6) is 0 Å². The molecule has 2 unspecified atom stereocenters. The van der Waals surface area contributed by atoms with Gasteiger partial charge in [-0.05, 0) is 28.2 Å². The van der Waals surface area contributed by atoms with Crippen LogP contribution in [-0.4, -0.2) is 6.04 Å². The summed E-state index contributed by atoms with van der Waals surface area (Å²) >= 11 is 1.94. The van der Waals surface area contributed by atoms with Gasteiger partial charge in [0.15, 0.2) is 0 Å². The van der Waals surface area contributed by atoms with Gasteiger partial charge >= 0.3 is 0 Å². The standard InChI is InChI=1S/C12H13NS/c13-9-5-3-7-11-12(9)8-4-1-2-6-10(8)14-11/h1,3-5,7,9,12H,2,6,13H2. The molecule has 0 aromatic carbocycles. The fraction of sp³-hybridized carbons (Fsp3) is 0.333. The van der Waals surface area contributed by atoms with Crippen molar-refractivity contribution in [3.05, 3.63) is 45.8 Å². The van der Waals surface area contributed by atoms with Gasteiger partial charge in [0, 0.05) is 12.0 Å². The summed E-state index contributed by atoms with van der Waals surface area (Å²) in [5.41, 5.74) is 7.59. The zero-order chi connectivity index (χ0) is 9.54. The van der Waals surface area contributed by atoms with Crippen LogP contribution in [0, 0.1) is 5.92 Å². The van der Waals surface area contributed by atoms with Crippen LogP contribution in [-0.2, 0) is 0 Å². The van der Waals surface area contributed by atoms with Crippen molar-refractivity contribution in [3.8, 4) is 0 Å². The topological polar surface area (TPSA) is 26.0 Å². The van der Waals surface area contributed by atoms with Crippen LogP contribution in [0.25, 0.3) is 0 Å². The van der Waals surface area contributed by atoms with Gasteiger partial charge in [-0.25, -0.2) is 0 Å². The average Bonchev–Trinajstić information content (AvgIpc) is 2.57. The number of hydrogen-bond donors (Lipinski definition) is 1. The van der Waals surface area contributed by atoms with Crippen molar-refractivity contribution in [2.45, 2.75) is 18.9 Å². The van der Waals surface area contributed by atoms with E-state index in [-0.39, 0.29) is 6.04 Å². The molecule has 14 heavy (non-hydrogen) atoms. The minimum atomic E-state index is 0.178. The zero-order valence-corrected chi connectivity index (χ0v) is 8.76. The van der Waals surface area contributed by atoms with Crippen LogP contribution < -0.4 is 5.73 Å². The van der Waals surface area contributed by atoms with Crippen LogP contribution in [0.3, 0.4) is 0 Å². The molecule has 72 valence electrons. The molecule has 2 aliphatic carbocycles. The Hall–Kier alpha value is -0.730. The Labute approximate surface area is 88.4 Å².